The van der Waals surface area contributed by atoms with Gasteiger partial charge in [0, 0.05) is 25.9 Å². The maximum absolute atomic E-state index is 13.1. The number of oxazole rings is 1. The van der Waals surface area contributed by atoms with Crippen LogP contribution in [0.2, 0.25) is 0 Å². The molecule has 1 aliphatic rings. The summed E-state index contributed by atoms with van der Waals surface area (Å²) in [5, 5.41) is 7.64. The molecule has 0 bridgehead atoms. The average Bonchev–Trinajstić information content (AvgIpc) is 2.96. The minimum Gasteiger partial charge on any atom is -0.472 e. The second-order valence-electron chi connectivity index (χ2n) is 6.36. The third kappa shape index (κ3) is 3.33. The summed E-state index contributed by atoms with van der Waals surface area (Å²) in [5.41, 5.74) is 0.786. The molecular formula is C17H18N4O5S. The number of hydrogen-bond donors (Lipinski definition) is 0. The lowest BCUT2D eigenvalue weighted by atomic mass is 10.1. The van der Waals surface area contributed by atoms with E-state index >= 15 is 0 Å². The Morgan fingerprint density at radius 1 is 1.30 bits per heavy atom. The lowest BCUT2D eigenvalue weighted by Gasteiger charge is -2.31. The van der Waals surface area contributed by atoms with Gasteiger partial charge in [-0.05, 0) is 37.1 Å². The molecule has 3 heterocycles. The van der Waals surface area contributed by atoms with Crippen LogP contribution in [0, 0.1) is 0 Å². The second kappa shape index (κ2) is 6.78. The van der Waals surface area contributed by atoms with Crippen molar-refractivity contribution in [1.29, 1.82) is 0 Å². The third-order valence-electron chi connectivity index (χ3n) is 4.58. The van der Waals surface area contributed by atoms with E-state index in [4.69, 9.17) is 9.15 Å². The first-order chi connectivity index (χ1) is 12.9. The highest BCUT2D eigenvalue weighted by Gasteiger charge is 2.32. The van der Waals surface area contributed by atoms with Crippen LogP contribution >= 0.6 is 0 Å². The molecule has 0 N–H and O–H groups in total. The summed E-state index contributed by atoms with van der Waals surface area (Å²) in [6, 6.07) is 7.81. The van der Waals surface area contributed by atoms with Crippen molar-refractivity contribution >= 4 is 21.1 Å². The van der Waals surface area contributed by atoms with Crippen LogP contribution in [0.5, 0.6) is 5.88 Å². The van der Waals surface area contributed by atoms with Crippen LogP contribution in [0.4, 0.5) is 0 Å². The number of benzene rings is 1. The number of piperidine rings is 1. The van der Waals surface area contributed by atoms with Crippen molar-refractivity contribution in [3.8, 4) is 5.88 Å². The Kier molecular flexibility index (Phi) is 4.44. The zero-order valence-electron chi connectivity index (χ0n) is 14.6. The van der Waals surface area contributed by atoms with E-state index in [1.807, 2.05) is 0 Å². The summed E-state index contributed by atoms with van der Waals surface area (Å²) in [6.45, 7) is 0.631. The summed E-state index contributed by atoms with van der Waals surface area (Å²) in [4.78, 5) is 11.7. The number of nitrogens with zero attached hydrogens (tertiary/aromatic N) is 4. The number of rotatable bonds is 4. The Hall–Kier alpha value is -2.72. The first kappa shape index (κ1) is 17.7. The maximum atomic E-state index is 13.1. The first-order valence-electron chi connectivity index (χ1n) is 8.49. The van der Waals surface area contributed by atoms with Gasteiger partial charge in [-0.25, -0.2) is 13.2 Å². The third-order valence-corrected chi connectivity index (χ3v) is 6.44. The highest BCUT2D eigenvalue weighted by molar-refractivity contribution is 7.89. The molecule has 0 spiro atoms. The van der Waals surface area contributed by atoms with Crippen LogP contribution in [0.3, 0.4) is 0 Å². The lowest BCUT2D eigenvalue weighted by molar-refractivity contribution is 0.123. The Morgan fingerprint density at radius 3 is 2.93 bits per heavy atom. The minimum atomic E-state index is -3.73. The van der Waals surface area contributed by atoms with Crippen molar-refractivity contribution in [1.82, 2.24) is 19.1 Å². The average molecular weight is 390 g/mol. The van der Waals surface area contributed by atoms with E-state index in [9.17, 15) is 13.2 Å². The second-order valence-corrected chi connectivity index (χ2v) is 8.30. The fourth-order valence-electron chi connectivity index (χ4n) is 3.16. The number of aryl methyl sites for hydroxylation is 1. The van der Waals surface area contributed by atoms with E-state index in [1.165, 1.54) is 34.1 Å². The van der Waals surface area contributed by atoms with E-state index in [0.29, 0.717) is 29.9 Å². The van der Waals surface area contributed by atoms with Crippen LogP contribution in [0.25, 0.3) is 11.1 Å². The van der Waals surface area contributed by atoms with Crippen LogP contribution in [0.1, 0.15) is 12.8 Å². The molecule has 1 aromatic carbocycles. The predicted octanol–water partition coefficient (Wildman–Crippen LogP) is 1.15. The molecule has 2 aromatic heterocycles. The summed E-state index contributed by atoms with van der Waals surface area (Å²) in [6.07, 6.45) is 2.66. The van der Waals surface area contributed by atoms with Gasteiger partial charge in [0.05, 0.1) is 17.0 Å². The molecule has 0 amide bonds. The molecule has 1 saturated heterocycles. The highest BCUT2D eigenvalue weighted by atomic mass is 32.2. The molecule has 10 heteroatoms. The predicted molar refractivity (Wildman–Crippen MR) is 95.9 cm³/mol. The van der Waals surface area contributed by atoms with E-state index in [-0.39, 0.29) is 17.5 Å². The number of sulfonamides is 1. The van der Waals surface area contributed by atoms with Gasteiger partial charge in [-0.3, -0.25) is 4.57 Å². The first-order valence-corrected chi connectivity index (χ1v) is 9.93. The SMILES string of the molecule is Cn1c(=O)oc2ccc(S(=O)(=O)N3CCC[C@H](Oc4cccnn4)C3)cc21. The zero-order chi connectivity index (χ0) is 19.0. The molecule has 4 rings (SSSR count). The Labute approximate surface area is 155 Å². The van der Waals surface area contributed by atoms with Gasteiger partial charge >= 0.3 is 5.76 Å². The van der Waals surface area contributed by atoms with E-state index in [0.717, 1.165) is 6.42 Å². The number of fused-ring (bicyclic) bond motifs is 1. The van der Waals surface area contributed by atoms with Gasteiger partial charge in [0.1, 0.15) is 6.10 Å². The Balaban J connectivity index is 1.59. The van der Waals surface area contributed by atoms with Crippen LogP contribution < -0.4 is 10.5 Å². The van der Waals surface area contributed by atoms with Crippen LogP contribution in [-0.2, 0) is 17.1 Å². The Morgan fingerprint density at radius 2 is 2.15 bits per heavy atom. The maximum Gasteiger partial charge on any atom is 0.419 e. The van der Waals surface area contributed by atoms with Gasteiger partial charge in [0.25, 0.3) is 0 Å². The lowest BCUT2D eigenvalue weighted by Crippen LogP contribution is -2.44. The monoisotopic (exact) mass is 390 g/mol. The van der Waals surface area contributed by atoms with Gasteiger partial charge in [-0.2, -0.15) is 9.40 Å². The highest BCUT2D eigenvalue weighted by Crippen LogP contribution is 2.25. The molecule has 9 nitrogen and oxygen atoms in total. The van der Waals surface area contributed by atoms with Gasteiger partial charge < -0.3 is 9.15 Å². The molecule has 27 heavy (non-hydrogen) atoms. The van der Waals surface area contributed by atoms with Crippen LogP contribution in [0.15, 0.2) is 50.6 Å². The van der Waals surface area contributed by atoms with Gasteiger partial charge in [-0.15, -0.1) is 5.10 Å². The minimum absolute atomic E-state index is 0.117. The van der Waals surface area contributed by atoms with E-state index < -0.39 is 15.8 Å². The Bertz CT molecular complexity index is 1120. The van der Waals surface area contributed by atoms with E-state index in [1.54, 1.807) is 18.3 Å². The van der Waals surface area contributed by atoms with Gasteiger partial charge in [0.15, 0.2) is 5.58 Å². The standard InChI is InChI=1S/C17H18N4O5S/c1-20-14-10-13(6-7-15(14)26-17(20)22)27(23,24)21-9-3-4-12(11-21)25-16-5-2-8-18-19-16/h2,5-8,10,12H,3-4,9,11H2,1H3/t12-/m0/s1. The molecule has 0 unspecified atom stereocenters. The van der Waals surface area contributed by atoms with Crippen molar-refractivity contribution < 1.29 is 17.6 Å². The molecule has 1 aliphatic heterocycles. The number of ether oxygens (including phenoxy) is 1. The quantitative estimate of drug-likeness (QED) is 0.658. The molecule has 1 atom stereocenters. The molecule has 0 saturated carbocycles. The summed E-state index contributed by atoms with van der Waals surface area (Å²) in [5.74, 6) is -0.161. The van der Waals surface area contributed by atoms with Crippen molar-refractivity contribution in [2.45, 2.75) is 23.8 Å². The van der Waals surface area contributed by atoms with Crippen molar-refractivity contribution in [3.05, 3.63) is 47.1 Å². The van der Waals surface area contributed by atoms with Crippen molar-refractivity contribution in [3.63, 3.8) is 0 Å². The fourth-order valence-corrected chi connectivity index (χ4v) is 4.69. The number of aromatic nitrogens is 3. The normalized spacial score (nSPS) is 18.6. The molecule has 0 aliphatic carbocycles. The summed E-state index contributed by atoms with van der Waals surface area (Å²) < 4.78 is 39.7. The number of hydrogen-bond acceptors (Lipinski definition) is 7. The largest absolute Gasteiger partial charge is 0.472 e. The van der Waals surface area contributed by atoms with Crippen LogP contribution in [-0.4, -0.2) is 46.7 Å². The topological polar surface area (TPSA) is 108 Å². The summed E-state index contributed by atoms with van der Waals surface area (Å²) in [7, 11) is -2.19. The fraction of sp³-hybridized carbons (Fsp3) is 0.353. The molecule has 142 valence electrons. The van der Waals surface area contributed by atoms with Crippen molar-refractivity contribution in [2.24, 2.45) is 7.05 Å². The van der Waals surface area contributed by atoms with Gasteiger partial charge in [0.2, 0.25) is 15.9 Å². The smallest absolute Gasteiger partial charge is 0.419 e. The molecule has 1 fully saturated rings. The van der Waals surface area contributed by atoms with E-state index in [2.05, 4.69) is 10.2 Å². The van der Waals surface area contributed by atoms with Gasteiger partial charge in [-0.1, -0.05) is 0 Å². The summed E-state index contributed by atoms with van der Waals surface area (Å²) >= 11 is 0. The molecule has 0 radical (unpaired) electrons. The zero-order valence-corrected chi connectivity index (χ0v) is 15.4. The molecular weight excluding hydrogens is 372 g/mol. The van der Waals surface area contributed by atoms with Crippen molar-refractivity contribution in [2.75, 3.05) is 13.1 Å². The molecule has 3 aromatic rings.